The summed E-state index contributed by atoms with van der Waals surface area (Å²) in [5.41, 5.74) is 0. The van der Waals surface area contributed by atoms with E-state index in [4.69, 9.17) is 5.11 Å². The Balaban J connectivity index is 3.77. The number of carboxylic acids is 1. The van der Waals surface area contributed by atoms with E-state index in [-0.39, 0.29) is 0 Å². The van der Waals surface area contributed by atoms with Crippen LogP contribution in [0.1, 0.15) is 39.5 Å². The maximum Gasteiger partial charge on any atom is 0.318 e. The van der Waals surface area contributed by atoms with Crippen LogP contribution < -0.4 is 0 Å². The molecular formula is C10H16O2. The van der Waals surface area contributed by atoms with Crippen LogP contribution in [0.3, 0.4) is 0 Å². The molecular weight excluding hydrogens is 152 g/mol. The Morgan fingerprint density at radius 3 is 2.58 bits per heavy atom. The van der Waals surface area contributed by atoms with Gasteiger partial charge in [-0.25, -0.2) is 0 Å². The zero-order chi connectivity index (χ0) is 9.40. The zero-order valence-electron chi connectivity index (χ0n) is 7.76. The summed E-state index contributed by atoms with van der Waals surface area (Å²) >= 11 is 0. The number of aliphatic carboxylic acids is 1. The van der Waals surface area contributed by atoms with Gasteiger partial charge in [-0.2, -0.15) is 0 Å². The molecule has 1 N–H and O–H groups in total. The highest BCUT2D eigenvalue weighted by Gasteiger charge is 2.12. The molecule has 0 saturated carbocycles. The topological polar surface area (TPSA) is 37.3 Å². The third kappa shape index (κ3) is 4.79. The average Bonchev–Trinajstić information content (AvgIpc) is 2.03. The summed E-state index contributed by atoms with van der Waals surface area (Å²) in [5.74, 6) is 4.09. The van der Waals surface area contributed by atoms with Crippen molar-refractivity contribution in [3.05, 3.63) is 0 Å². The number of rotatable bonds is 5. The standard InChI is InChI=1S/C10H16O2/c1-3-5-6-8-9(7-4-2)10(11)12/h9H,3,5-6,8H2,1-2H3,(H,11,12). The number of hydrogen-bond acceptors (Lipinski definition) is 1. The molecule has 2 heteroatoms. The van der Waals surface area contributed by atoms with E-state index in [1.807, 2.05) is 0 Å². The van der Waals surface area contributed by atoms with Gasteiger partial charge in [-0.05, 0) is 13.3 Å². The van der Waals surface area contributed by atoms with Gasteiger partial charge in [-0.1, -0.05) is 32.1 Å². The summed E-state index contributed by atoms with van der Waals surface area (Å²) in [4.78, 5) is 10.6. The van der Waals surface area contributed by atoms with E-state index < -0.39 is 11.9 Å². The van der Waals surface area contributed by atoms with Crippen molar-refractivity contribution in [1.82, 2.24) is 0 Å². The van der Waals surface area contributed by atoms with Gasteiger partial charge in [0.05, 0.1) is 0 Å². The molecule has 0 aliphatic heterocycles. The molecule has 0 heterocycles. The summed E-state index contributed by atoms with van der Waals surface area (Å²) in [5, 5.41) is 8.70. The first-order chi connectivity index (χ1) is 5.72. The van der Waals surface area contributed by atoms with Crippen LogP contribution in [0.15, 0.2) is 0 Å². The lowest BCUT2D eigenvalue weighted by Crippen LogP contribution is -2.11. The van der Waals surface area contributed by atoms with Gasteiger partial charge in [0.15, 0.2) is 0 Å². The molecule has 0 amide bonds. The third-order valence-corrected chi connectivity index (χ3v) is 1.71. The second kappa shape index (κ2) is 6.72. The molecule has 0 saturated heterocycles. The van der Waals surface area contributed by atoms with E-state index in [0.29, 0.717) is 6.42 Å². The van der Waals surface area contributed by atoms with Crippen LogP contribution in [0, 0.1) is 17.8 Å². The van der Waals surface area contributed by atoms with Gasteiger partial charge in [-0.15, -0.1) is 5.92 Å². The van der Waals surface area contributed by atoms with E-state index in [1.165, 1.54) is 0 Å². The van der Waals surface area contributed by atoms with Crippen LogP contribution in [-0.2, 0) is 4.79 Å². The average molecular weight is 168 g/mol. The number of carboxylic acid groups (broad SMARTS) is 1. The maximum absolute atomic E-state index is 10.6. The largest absolute Gasteiger partial charge is 0.480 e. The summed E-state index contributed by atoms with van der Waals surface area (Å²) in [6.45, 7) is 3.77. The van der Waals surface area contributed by atoms with E-state index in [1.54, 1.807) is 6.92 Å². The lowest BCUT2D eigenvalue weighted by atomic mass is 10.0. The van der Waals surface area contributed by atoms with E-state index in [9.17, 15) is 4.79 Å². The van der Waals surface area contributed by atoms with Crippen molar-refractivity contribution in [2.45, 2.75) is 39.5 Å². The Bertz CT molecular complexity index is 186. The zero-order valence-corrected chi connectivity index (χ0v) is 7.76. The fourth-order valence-corrected chi connectivity index (χ4v) is 1.03. The monoisotopic (exact) mass is 168 g/mol. The van der Waals surface area contributed by atoms with Crippen molar-refractivity contribution in [3.8, 4) is 11.8 Å². The molecule has 0 aromatic carbocycles. The summed E-state index contributed by atoms with van der Waals surface area (Å²) in [6, 6.07) is 0. The highest BCUT2D eigenvalue weighted by Crippen LogP contribution is 2.08. The van der Waals surface area contributed by atoms with Crippen molar-refractivity contribution >= 4 is 5.97 Å². The molecule has 1 unspecified atom stereocenters. The van der Waals surface area contributed by atoms with E-state index >= 15 is 0 Å². The second-order valence-electron chi connectivity index (χ2n) is 2.78. The second-order valence-corrected chi connectivity index (χ2v) is 2.78. The van der Waals surface area contributed by atoms with Gasteiger partial charge in [0, 0.05) is 0 Å². The van der Waals surface area contributed by atoms with Crippen molar-refractivity contribution in [3.63, 3.8) is 0 Å². The Morgan fingerprint density at radius 2 is 2.17 bits per heavy atom. The molecule has 12 heavy (non-hydrogen) atoms. The third-order valence-electron chi connectivity index (χ3n) is 1.71. The quantitative estimate of drug-likeness (QED) is 0.505. The van der Waals surface area contributed by atoms with E-state index in [0.717, 1.165) is 19.3 Å². The smallest absolute Gasteiger partial charge is 0.318 e. The van der Waals surface area contributed by atoms with Crippen molar-refractivity contribution < 1.29 is 9.90 Å². The SMILES string of the molecule is CC#CC(CCCCC)C(=O)O. The van der Waals surface area contributed by atoms with Gasteiger partial charge < -0.3 is 5.11 Å². The molecule has 0 radical (unpaired) electrons. The molecule has 0 fully saturated rings. The summed E-state index contributed by atoms with van der Waals surface area (Å²) in [6.07, 6.45) is 3.85. The molecule has 2 nitrogen and oxygen atoms in total. The van der Waals surface area contributed by atoms with Crippen LogP contribution in [0.5, 0.6) is 0 Å². The van der Waals surface area contributed by atoms with Crippen molar-refractivity contribution in [2.75, 3.05) is 0 Å². The fourth-order valence-electron chi connectivity index (χ4n) is 1.03. The van der Waals surface area contributed by atoms with Gasteiger partial charge in [-0.3, -0.25) is 4.79 Å². The molecule has 0 spiro atoms. The first-order valence-corrected chi connectivity index (χ1v) is 4.37. The fraction of sp³-hybridized carbons (Fsp3) is 0.700. The maximum atomic E-state index is 10.6. The number of hydrogen-bond donors (Lipinski definition) is 1. The first-order valence-electron chi connectivity index (χ1n) is 4.37. The predicted octanol–water partition coefficient (Wildman–Crippen LogP) is 2.29. The minimum Gasteiger partial charge on any atom is -0.480 e. The Hall–Kier alpha value is -0.970. The van der Waals surface area contributed by atoms with Gasteiger partial charge in [0.25, 0.3) is 0 Å². The van der Waals surface area contributed by atoms with Crippen LogP contribution in [0.4, 0.5) is 0 Å². The molecule has 68 valence electrons. The summed E-state index contributed by atoms with van der Waals surface area (Å²) < 4.78 is 0. The molecule has 1 atom stereocenters. The lowest BCUT2D eigenvalue weighted by molar-refractivity contribution is -0.139. The highest BCUT2D eigenvalue weighted by atomic mass is 16.4. The Labute approximate surface area is 74.0 Å². The van der Waals surface area contributed by atoms with Gasteiger partial charge in [0.1, 0.15) is 5.92 Å². The molecule has 0 aliphatic carbocycles. The minimum absolute atomic E-state index is 0.457. The van der Waals surface area contributed by atoms with Crippen LogP contribution in [0.2, 0.25) is 0 Å². The Morgan fingerprint density at radius 1 is 1.50 bits per heavy atom. The van der Waals surface area contributed by atoms with Crippen molar-refractivity contribution in [2.24, 2.45) is 5.92 Å². The van der Waals surface area contributed by atoms with Crippen molar-refractivity contribution in [1.29, 1.82) is 0 Å². The first kappa shape index (κ1) is 11.0. The lowest BCUT2D eigenvalue weighted by Gasteiger charge is -2.03. The van der Waals surface area contributed by atoms with Gasteiger partial charge >= 0.3 is 5.97 Å². The number of carbonyl (C=O) groups is 1. The molecule has 0 aliphatic rings. The number of unbranched alkanes of at least 4 members (excludes halogenated alkanes) is 2. The molecule has 0 aromatic rings. The van der Waals surface area contributed by atoms with E-state index in [2.05, 4.69) is 18.8 Å². The molecule has 0 rings (SSSR count). The molecule has 0 aromatic heterocycles. The Kier molecular flexibility index (Phi) is 6.18. The van der Waals surface area contributed by atoms with Crippen LogP contribution >= 0.6 is 0 Å². The predicted molar refractivity (Wildman–Crippen MR) is 48.7 cm³/mol. The summed E-state index contributed by atoms with van der Waals surface area (Å²) in [7, 11) is 0. The highest BCUT2D eigenvalue weighted by molar-refractivity contribution is 5.73. The van der Waals surface area contributed by atoms with Crippen LogP contribution in [-0.4, -0.2) is 11.1 Å². The normalized spacial score (nSPS) is 11.5. The molecule has 0 bridgehead atoms. The minimum atomic E-state index is -0.791. The van der Waals surface area contributed by atoms with Gasteiger partial charge in [0.2, 0.25) is 0 Å². The van der Waals surface area contributed by atoms with Crippen LogP contribution in [0.25, 0.3) is 0 Å².